The molecule has 0 aliphatic carbocycles. The van der Waals surface area contributed by atoms with E-state index in [2.05, 4.69) is 5.32 Å². The van der Waals surface area contributed by atoms with Gasteiger partial charge in [0.15, 0.2) is 0 Å². The summed E-state index contributed by atoms with van der Waals surface area (Å²) in [5.74, 6) is -0.0488. The van der Waals surface area contributed by atoms with Gasteiger partial charge in [-0.25, -0.2) is 8.42 Å². The van der Waals surface area contributed by atoms with Crippen LogP contribution < -0.4 is 5.32 Å². The second kappa shape index (κ2) is 5.70. The Hall–Kier alpha value is -1.42. The predicted octanol–water partition coefficient (Wildman–Crippen LogP) is 0.682. The van der Waals surface area contributed by atoms with Gasteiger partial charge in [-0.3, -0.25) is 0 Å². The zero-order valence-corrected chi connectivity index (χ0v) is 11.7. The predicted molar refractivity (Wildman–Crippen MR) is 72.8 cm³/mol. The molecule has 1 aromatic rings. The van der Waals surface area contributed by atoms with E-state index < -0.39 is 10.0 Å². The summed E-state index contributed by atoms with van der Waals surface area (Å²) in [7, 11) is -3.33. The van der Waals surface area contributed by atoms with Crippen LogP contribution in [-0.2, 0) is 15.8 Å². The van der Waals surface area contributed by atoms with Crippen LogP contribution >= 0.6 is 0 Å². The molecule has 1 aliphatic heterocycles. The number of piperazine rings is 1. The summed E-state index contributed by atoms with van der Waals surface area (Å²) in [4.78, 5) is 0. The molecule has 1 unspecified atom stereocenters. The van der Waals surface area contributed by atoms with Gasteiger partial charge in [0.2, 0.25) is 10.0 Å². The molecule has 6 heteroatoms. The minimum atomic E-state index is -3.33. The van der Waals surface area contributed by atoms with Gasteiger partial charge in [-0.2, -0.15) is 9.57 Å². The summed E-state index contributed by atoms with van der Waals surface area (Å²) in [6.45, 7) is 3.76. The van der Waals surface area contributed by atoms with Crippen molar-refractivity contribution in [3.63, 3.8) is 0 Å². The molecule has 0 bridgehead atoms. The molecule has 1 fully saturated rings. The molecule has 1 atom stereocenters. The van der Waals surface area contributed by atoms with Crippen molar-refractivity contribution in [3.05, 3.63) is 35.4 Å². The van der Waals surface area contributed by atoms with Crippen molar-refractivity contribution in [2.75, 3.05) is 19.6 Å². The van der Waals surface area contributed by atoms with Crippen LogP contribution in [0.5, 0.6) is 0 Å². The first-order valence-electron chi connectivity index (χ1n) is 6.22. The van der Waals surface area contributed by atoms with Crippen LogP contribution in [0.4, 0.5) is 0 Å². The Kier molecular flexibility index (Phi) is 4.20. The van der Waals surface area contributed by atoms with E-state index in [4.69, 9.17) is 5.26 Å². The number of nitrogens with zero attached hydrogens (tertiary/aromatic N) is 2. The zero-order chi connectivity index (χ0) is 13.9. The third kappa shape index (κ3) is 3.32. The number of nitrogens with one attached hydrogen (secondary N) is 1. The molecular weight excluding hydrogens is 262 g/mol. The summed E-state index contributed by atoms with van der Waals surface area (Å²) in [6.07, 6.45) is 0. The second-order valence-corrected chi connectivity index (χ2v) is 6.65. The second-order valence-electron chi connectivity index (χ2n) is 4.73. The Morgan fingerprint density at radius 3 is 3.00 bits per heavy atom. The van der Waals surface area contributed by atoms with E-state index in [9.17, 15) is 8.42 Å². The van der Waals surface area contributed by atoms with Gasteiger partial charge in [-0.05, 0) is 24.6 Å². The van der Waals surface area contributed by atoms with Crippen LogP contribution in [0.3, 0.4) is 0 Å². The lowest BCUT2D eigenvalue weighted by Gasteiger charge is -2.32. The number of nitriles is 1. The maximum absolute atomic E-state index is 12.4. The van der Waals surface area contributed by atoms with Gasteiger partial charge in [0.05, 0.1) is 17.4 Å². The molecule has 5 nitrogen and oxygen atoms in total. The van der Waals surface area contributed by atoms with Crippen molar-refractivity contribution < 1.29 is 8.42 Å². The summed E-state index contributed by atoms with van der Waals surface area (Å²) in [5.41, 5.74) is 1.14. The van der Waals surface area contributed by atoms with Crippen LogP contribution in [0.25, 0.3) is 0 Å². The normalized spacial score (nSPS) is 20.9. The largest absolute Gasteiger partial charge is 0.314 e. The van der Waals surface area contributed by atoms with Gasteiger partial charge in [-0.15, -0.1) is 0 Å². The average Bonchev–Trinajstić information content (AvgIpc) is 2.38. The minimum Gasteiger partial charge on any atom is -0.314 e. The molecule has 0 saturated carbocycles. The van der Waals surface area contributed by atoms with Crippen LogP contribution in [0.15, 0.2) is 24.3 Å². The van der Waals surface area contributed by atoms with Gasteiger partial charge >= 0.3 is 0 Å². The summed E-state index contributed by atoms with van der Waals surface area (Å²) >= 11 is 0. The van der Waals surface area contributed by atoms with Crippen LogP contribution in [0, 0.1) is 11.3 Å². The molecule has 0 amide bonds. The molecule has 0 radical (unpaired) electrons. The van der Waals surface area contributed by atoms with E-state index in [1.165, 1.54) is 0 Å². The van der Waals surface area contributed by atoms with Crippen molar-refractivity contribution in [3.8, 4) is 6.07 Å². The third-order valence-electron chi connectivity index (χ3n) is 3.20. The first-order chi connectivity index (χ1) is 9.03. The van der Waals surface area contributed by atoms with Crippen molar-refractivity contribution in [2.45, 2.75) is 18.7 Å². The molecule has 1 N–H and O–H groups in total. The fourth-order valence-electron chi connectivity index (χ4n) is 2.26. The van der Waals surface area contributed by atoms with Gasteiger partial charge in [-0.1, -0.05) is 12.1 Å². The Labute approximate surface area is 113 Å². The van der Waals surface area contributed by atoms with Crippen LogP contribution in [-0.4, -0.2) is 38.4 Å². The van der Waals surface area contributed by atoms with E-state index in [1.54, 1.807) is 28.6 Å². The smallest absolute Gasteiger partial charge is 0.218 e. The Morgan fingerprint density at radius 2 is 2.32 bits per heavy atom. The summed E-state index contributed by atoms with van der Waals surface area (Å²) in [6, 6.07) is 8.75. The molecule has 0 aromatic heterocycles. The maximum atomic E-state index is 12.4. The van der Waals surface area contributed by atoms with Crippen molar-refractivity contribution in [1.82, 2.24) is 9.62 Å². The highest BCUT2D eigenvalue weighted by Crippen LogP contribution is 2.16. The fourth-order valence-corrected chi connectivity index (χ4v) is 4.02. The number of sulfonamides is 1. The maximum Gasteiger partial charge on any atom is 0.218 e. The Morgan fingerprint density at radius 1 is 1.53 bits per heavy atom. The fraction of sp³-hybridized carbons (Fsp3) is 0.462. The molecular formula is C13H17N3O2S. The average molecular weight is 279 g/mol. The van der Waals surface area contributed by atoms with Gasteiger partial charge in [0.25, 0.3) is 0 Å². The van der Waals surface area contributed by atoms with E-state index in [0.29, 0.717) is 30.8 Å². The number of benzene rings is 1. The third-order valence-corrected chi connectivity index (χ3v) is 5.16. The standard InChI is InChI=1S/C13H17N3O2S/c1-11-9-15-5-6-16(11)19(17,18)10-13-4-2-3-12(7-13)8-14/h2-4,7,11,15H,5-6,9-10H2,1H3. The van der Waals surface area contributed by atoms with Crippen LogP contribution in [0.1, 0.15) is 18.1 Å². The highest BCUT2D eigenvalue weighted by Gasteiger charge is 2.29. The topological polar surface area (TPSA) is 73.2 Å². The first kappa shape index (κ1) is 14.0. The molecule has 1 heterocycles. The van der Waals surface area contributed by atoms with Gasteiger partial charge < -0.3 is 5.32 Å². The molecule has 2 rings (SSSR count). The molecule has 0 spiro atoms. The lowest BCUT2D eigenvalue weighted by Crippen LogP contribution is -2.52. The van der Waals surface area contributed by atoms with Crippen molar-refractivity contribution >= 4 is 10.0 Å². The number of hydrogen-bond acceptors (Lipinski definition) is 4. The SMILES string of the molecule is CC1CNCCN1S(=O)(=O)Cc1cccc(C#N)c1. The van der Waals surface area contributed by atoms with Gasteiger partial charge in [0.1, 0.15) is 0 Å². The van der Waals surface area contributed by atoms with E-state index in [1.807, 2.05) is 13.0 Å². The number of rotatable bonds is 3. The Bertz CT molecular complexity index is 592. The Balaban J connectivity index is 2.18. The lowest BCUT2D eigenvalue weighted by molar-refractivity contribution is 0.283. The van der Waals surface area contributed by atoms with Crippen molar-refractivity contribution in [1.29, 1.82) is 5.26 Å². The van der Waals surface area contributed by atoms with Gasteiger partial charge in [0, 0.05) is 25.7 Å². The zero-order valence-electron chi connectivity index (χ0n) is 10.8. The van der Waals surface area contributed by atoms with E-state index in [0.717, 1.165) is 0 Å². The highest BCUT2D eigenvalue weighted by molar-refractivity contribution is 7.88. The quantitative estimate of drug-likeness (QED) is 0.883. The molecule has 1 saturated heterocycles. The molecule has 102 valence electrons. The van der Waals surface area contributed by atoms with Crippen molar-refractivity contribution in [2.24, 2.45) is 0 Å². The highest BCUT2D eigenvalue weighted by atomic mass is 32.2. The molecule has 1 aliphatic rings. The minimum absolute atomic E-state index is 0.0297. The van der Waals surface area contributed by atoms with E-state index in [-0.39, 0.29) is 11.8 Å². The number of hydrogen-bond donors (Lipinski definition) is 1. The van der Waals surface area contributed by atoms with Crippen LogP contribution in [0.2, 0.25) is 0 Å². The summed E-state index contributed by atoms with van der Waals surface area (Å²) < 4.78 is 26.3. The first-order valence-corrected chi connectivity index (χ1v) is 7.83. The lowest BCUT2D eigenvalue weighted by atomic mass is 10.2. The monoisotopic (exact) mass is 279 g/mol. The molecule has 19 heavy (non-hydrogen) atoms. The van der Waals surface area contributed by atoms with E-state index >= 15 is 0 Å². The summed E-state index contributed by atoms with van der Waals surface area (Å²) in [5, 5.41) is 12.0. The molecule has 1 aromatic carbocycles.